The van der Waals surface area contributed by atoms with Crippen LogP contribution in [0.25, 0.3) is 10.9 Å². The lowest BCUT2D eigenvalue weighted by molar-refractivity contribution is 0.357. The molecule has 3 heterocycles. The molecule has 5 rings (SSSR count). The normalized spacial score (nSPS) is 18.7. The summed E-state index contributed by atoms with van der Waals surface area (Å²) < 4.78 is 5.58. The van der Waals surface area contributed by atoms with Crippen molar-refractivity contribution in [2.45, 2.75) is 19.0 Å². The molecule has 3 aromatic rings. The Hall–Kier alpha value is -2.59. The first-order chi connectivity index (χ1) is 11.3. The van der Waals surface area contributed by atoms with Crippen LogP contribution in [0.3, 0.4) is 0 Å². The Morgan fingerprint density at radius 2 is 2.04 bits per heavy atom. The van der Waals surface area contributed by atoms with Crippen molar-refractivity contribution in [2.24, 2.45) is 0 Å². The maximum absolute atomic E-state index is 13.0. The number of ether oxygens (including phenoxy) is 1. The van der Waals surface area contributed by atoms with Crippen molar-refractivity contribution in [3.8, 4) is 5.75 Å². The van der Waals surface area contributed by atoms with Gasteiger partial charge in [0, 0.05) is 35.1 Å². The van der Waals surface area contributed by atoms with Crippen molar-refractivity contribution in [1.82, 2.24) is 10.3 Å². The van der Waals surface area contributed by atoms with Crippen LogP contribution >= 0.6 is 0 Å². The molecular formula is C19H16N2O2. The molecule has 0 bridgehead atoms. The molecule has 23 heavy (non-hydrogen) atoms. The Kier molecular flexibility index (Phi) is 2.64. The van der Waals surface area contributed by atoms with E-state index in [1.807, 2.05) is 30.3 Å². The highest BCUT2D eigenvalue weighted by Crippen LogP contribution is 2.33. The molecule has 1 aromatic heterocycles. The van der Waals surface area contributed by atoms with E-state index in [0.29, 0.717) is 6.54 Å². The summed E-state index contributed by atoms with van der Waals surface area (Å²) in [6.07, 6.45) is 0.941. The van der Waals surface area contributed by atoms with E-state index < -0.39 is 0 Å². The molecule has 4 nitrogen and oxygen atoms in total. The highest BCUT2D eigenvalue weighted by molar-refractivity contribution is 5.79. The lowest BCUT2D eigenvalue weighted by Gasteiger charge is -2.13. The number of benzene rings is 2. The van der Waals surface area contributed by atoms with Gasteiger partial charge in [0.1, 0.15) is 5.75 Å². The first-order valence-corrected chi connectivity index (χ1v) is 7.94. The van der Waals surface area contributed by atoms with Gasteiger partial charge in [0.05, 0.1) is 12.6 Å². The van der Waals surface area contributed by atoms with Gasteiger partial charge in [-0.25, -0.2) is 0 Å². The minimum Gasteiger partial charge on any atom is -0.493 e. The van der Waals surface area contributed by atoms with Crippen LogP contribution in [0.1, 0.15) is 28.4 Å². The third kappa shape index (κ3) is 1.85. The molecule has 114 valence electrons. The Labute approximate surface area is 133 Å². The largest absolute Gasteiger partial charge is 0.493 e. The van der Waals surface area contributed by atoms with Crippen LogP contribution in [0.4, 0.5) is 0 Å². The molecule has 0 radical (unpaired) electrons. The van der Waals surface area contributed by atoms with Crippen molar-refractivity contribution >= 4 is 10.9 Å². The second-order valence-corrected chi connectivity index (χ2v) is 6.17. The third-order valence-electron chi connectivity index (χ3n) is 4.85. The highest BCUT2D eigenvalue weighted by atomic mass is 16.5. The Bertz CT molecular complexity index is 990. The average Bonchev–Trinajstić information content (AvgIpc) is 3.20. The van der Waals surface area contributed by atoms with E-state index in [-0.39, 0.29) is 11.5 Å². The number of hydrogen-bond acceptors (Lipinski definition) is 3. The number of nitrogens with one attached hydrogen (secondary N) is 2. The number of aromatic nitrogens is 1. The molecule has 2 aromatic carbocycles. The zero-order valence-electron chi connectivity index (χ0n) is 12.6. The van der Waals surface area contributed by atoms with Gasteiger partial charge in [-0.2, -0.15) is 0 Å². The standard InChI is InChI=1S/C19H16N2O2/c22-19-13-3-1-2-4-14(13)21-15-10-20-18(17(15)19)12-5-6-16-11(9-12)7-8-23-16/h1-6,9,18,20H,7-8,10H2,(H,21,22). The predicted molar refractivity (Wildman–Crippen MR) is 88.9 cm³/mol. The van der Waals surface area contributed by atoms with Crippen molar-refractivity contribution < 1.29 is 4.74 Å². The number of pyridine rings is 1. The molecule has 0 aliphatic carbocycles. The first-order valence-electron chi connectivity index (χ1n) is 7.94. The summed E-state index contributed by atoms with van der Waals surface area (Å²) in [5, 5.41) is 4.23. The molecule has 2 aliphatic rings. The molecule has 1 atom stereocenters. The van der Waals surface area contributed by atoms with Crippen molar-refractivity contribution in [2.75, 3.05) is 6.61 Å². The molecule has 1 unspecified atom stereocenters. The third-order valence-corrected chi connectivity index (χ3v) is 4.85. The Morgan fingerprint density at radius 1 is 1.13 bits per heavy atom. The summed E-state index contributed by atoms with van der Waals surface area (Å²) in [6, 6.07) is 13.9. The molecule has 0 spiro atoms. The van der Waals surface area contributed by atoms with E-state index in [1.165, 1.54) is 5.56 Å². The van der Waals surface area contributed by atoms with Gasteiger partial charge in [-0.15, -0.1) is 0 Å². The molecule has 0 saturated heterocycles. The van der Waals surface area contributed by atoms with Crippen molar-refractivity contribution in [3.05, 3.63) is 75.1 Å². The summed E-state index contributed by atoms with van der Waals surface area (Å²) in [7, 11) is 0. The number of fused-ring (bicyclic) bond motifs is 3. The zero-order valence-corrected chi connectivity index (χ0v) is 12.6. The maximum Gasteiger partial charge on any atom is 0.194 e. The number of rotatable bonds is 1. The smallest absolute Gasteiger partial charge is 0.194 e. The second-order valence-electron chi connectivity index (χ2n) is 6.17. The summed E-state index contributed by atoms with van der Waals surface area (Å²) in [6.45, 7) is 1.44. The topological polar surface area (TPSA) is 54.1 Å². The van der Waals surface area contributed by atoms with E-state index in [0.717, 1.165) is 46.5 Å². The van der Waals surface area contributed by atoms with Crippen LogP contribution in [0.15, 0.2) is 47.3 Å². The van der Waals surface area contributed by atoms with Crippen LogP contribution in [0, 0.1) is 0 Å². The fourth-order valence-electron chi connectivity index (χ4n) is 3.72. The molecule has 4 heteroatoms. The van der Waals surface area contributed by atoms with Gasteiger partial charge in [-0.1, -0.05) is 24.3 Å². The summed E-state index contributed by atoms with van der Waals surface area (Å²) >= 11 is 0. The first kappa shape index (κ1) is 12.9. The second kappa shape index (κ2) is 4.70. The molecule has 0 fully saturated rings. The van der Waals surface area contributed by atoms with Crippen LogP contribution < -0.4 is 15.5 Å². The summed E-state index contributed by atoms with van der Waals surface area (Å²) in [4.78, 5) is 16.4. The molecular weight excluding hydrogens is 288 g/mol. The Balaban J connectivity index is 1.69. The van der Waals surface area contributed by atoms with Gasteiger partial charge in [0.25, 0.3) is 0 Å². The number of para-hydroxylation sites is 1. The summed E-state index contributed by atoms with van der Waals surface area (Å²) in [5.74, 6) is 0.972. The van der Waals surface area contributed by atoms with Crippen LogP contribution in [0.2, 0.25) is 0 Å². The van der Waals surface area contributed by atoms with Gasteiger partial charge in [-0.05, 0) is 29.3 Å². The summed E-state index contributed by atoms with van der Waals surface area (Å²) in [5.41, 5.74) is 5.24. The van der Waals surface area contributed by atoms with E-state index in [1.54, 1.807) is 0 Å². The predicted octanol–water partition coefficient (Wildman–Crippen LogP) is 2.66. The van der Waals surface area contributed by atoms with Gasteiger partial charge < -0.3 is 15.0 Å². The zero-order chi connectivity index (χ0) is 15.4. The number of aromatic amines is 1. The lowest BCUT2D eigenvalue weighted by atomic mass is 9.96. The quantitative estimate of drug-likeness (QED) is 0.727. The van der Waals surface area contributed by atoms with E-state index in [9.17, 15) is 4.79 Å². The minimum atomic E-state index is -0.0516. The van der Waals surface area contributed by atoms with E-state index in [4.69, 9.17) is 4.74 Å². The minimum absolute atomic E-state index is 0.0516. The van der Waals surface area contributed by atoms with Gasteiger partial charge in [-0.3, -0.25) is 4.79 Å². The van der Waals surface area contributed by atoms with E-state index >= 15 is 0 Å². The van der Waals surface area contributed by atoms with Crippen LogP contribution in [-0.4, -0.2) is 11.6 Å². The monoisotopic (exact) mass is 304 g/mol. The van der Waals surface area contributed by atoms with Gasteiger partial charge >= 0.3 is 0 Å². The molecule has 2 N–H and O–H groups in total. The highest BCUT2D eigenvalue weighted by Gasteiger charge is 2.28. The lowest BCUT2D eigenvalue weighted by Crippen LogP contribution is -2.19. The van der Waals surface area contributed by atoms with Crippen molar-refractivity contribution in [1.29, 1.82) is 0 Å². The van der Waals surface area contributed by atoms with E-state index in [2.05, 4.69) is 22.4 Å². The van der Waals surface area contributed by atoms with Gasteiger partial charge in [0.2, 0.25) is 0 Å². The maximum atomic E-state index is 13.0. The molecule has 0 amide bonds. The SMILES string of the molecule is O=c1c2c([nH]c3ccccc13)CNC2c1ccc2c(c1)CCO2. The van der Waals surface area contributed by atoms with Crippen molar-refractivity contribution in [3.63, 3.8) is 0 Å². The fourth-order valence-corrected chi connectivity index (χ4v) is 3.72. The van der Waals surface area contributed by atoms with Crippen LogP contribution in [-0.2, 0) is 13.0 Å². The fraction of sp³-hybridized carbons (Fsp3) is 0.211. The van der Waals surface area contributed by atoms with Crippen LogP contribution in [0.5, 0.6) is 5.75 Å². The number of H-pyrrole nitrogens is 1. The van der Waals surface area contributed by atoms with Gasteiger partial charge in [0.15, 0.2) is 5.43 Å². The molecule has 0 saturated carbocycles. The molecule has 2 aliphatic heterocycles. The average molecular weight is 304 g/mol. The number of hydrogen-bond donors (Lipinski definition) is 2. The Morgan fingerprint density at radius 3 is 3.00 bits per heavy atom.